The Morgan fingerprint density at radius 2 is 1.74 bits per heavy atom. The van der Waals surface area contributed by atoms with E-state index in [2.05, 4.69) is 15.0 Å². The van der Waals surface area contributed by atoms with Crippen molar-refractivity contribution < 1.29 is 26.5 Å². The highest BCUT2D eigenvalue weighted by atomic mass is 35.5. The van der Waals surface area contributed by atoms with Gasteiger partial charge >= 0.3 is 0 Å². The second-order valence-electron chi connectivity index (χ2n) is 14.1. The van der Waals surface area contributed by atoms with Crippen LogP contribution in [0.15, 0.2) is 84.0 Å². The van der Waals surface area contributed by atoms with Crippen LogP contribution in [0.1, 0.15) is 64.0 Å². The summed E-state index contributed by atoms with van der Waals surface area (Å²) >= 11 is 6.39. The van der Waals surface area contributed by atoms with Crippen LogP contribution in [0.4, 0.5) is 10.1 Å². The van der Waals surface area contributed by atoms with Crippen molar-refractivity contribution in [3.8, 4) is 0 Å². The largest absolute Gasteiger partial charge is 0.380 e. The van der Waals surface area contributed by atoms with Gasteiger partial charge in [0.1, 0.15) is 11.9 Å². The summed E-state index contributed by atoms with van der Waals surface area (Å²) in [5.41, 5.74) is 0.296. The van der Waals surface area contributed by atoms with E-state index in [0.717, 1.165) is 29.1 Å². The number of hydrogen-bond donors (Lipinski definition) is 2. The van der Waals surface area contributed by atoms with Crippen LogP contribution in [0, 0.1) is 11.7 Å². The van der Waals surface area contributed by atoms with Gasteiger partial charge in [-0.15, -0.1) is 0 Å². The molecule has 2 N–H and O–H groups in total. The zero-order chi connectivity index (χ0) is 35.8. The number of hydrogen-bond acceptors (Lipinski definition) is 6. The Morgan fingerprint density at radius 3 is 2.42 bits per heavy atom. The number of anilines is 1. The van der Waals surface area contributed by atoms with Crippen LogP contribution in [0.5, 0.6) is 0 Å². The smallest absolute Gasteiger partial charge is 0.244 e. The van der Waals surface area contributed by atoms with E-state index in [9.17, 15) is 17.4 Å². The highest BCUT2D eigenvalue weighted by Crippen LogP contribution is 2.43. The molecule has 1 aromatic heterocycles. The van der Waals surface area contributed by atoms with Gasteiger partial charge in [0.15, 0.2) is 0 Å². The van der Waals surface area contributed by atoms with E-state index in [1.165, 1.54) is 19.2 Å². The third-order valence-electron chi connectivity index (χ3n) is 9.61. The summed E-state index contributed by atoms with van der Waals surface area (Å²) in [6.07, 6.45) is 6.50. The Balaban J connectivity index is 1.37. The normalized spacial score (nSPS) is 20.4. The number of nitrogens with zero attached hydrogens (tertiary/aromatic N) is 2. The van der Waals surface area contributed by atoms with Crippen molar-refractivity contribution in [3.63, 3.8) is 0 Å². The summed E-state index contributed by atoms with van der Waals surface area (Å²) in [5.74, 6) is -0.840. The second kappa shape index (κ2) is 14.4. The van der Waals surface area contributed by atoms with E-state index < -0.39 is 55.2 Å². The monoisotopic (exact) mass is 740 g/mol. The molecule has 3 aromatic carbocycles. The van der Waals surface area contributed by atoms with Gasteiger partial charge in [0.05, 0.1) is 38.0 Å². The van der Waals surface area contributed by atoms with E-state index >= 15 is 4.39 Å². The molecule has 2 aliphatic rings. The summed E-state index contributed by atoms with van der Waals surface area (Å²) in [6.45, 7) is 5.58. The van der Waals surface area contributed by atoms with Crippen molar-refractivity contribution in [1.29, 1.82) is 0 Å². The minimum absolute atomic E-state index is 0.0101. The topological polar surface area (TPSA) is 118 Å². The fraction of sp³-hybridized carbons (Fsp3) is 0.405. The van der Waals surface area contributed by atoms with Crippen molar-refractivity contribution >= 4 is 55.0 Å². The average molecular weight is 741 g/mol. The molecule has 0 radical (unpaired) electrons. The quantitative estimate of drug-likeness (QED) is 0.163. The number of benzene rings is 3. The molecular formula is C37H42ClFN4O5S2. The fourth-order valence-electron chi connectivity index (χ4n) is 6.54. The molecule has 1 unspecified atom stereocenters. The lowest BCUT2D eigenvalue weighted by Crippen LogP contribution is -2.49. The number of carbonyl (C=O) groups is 1. The van der Waals surface area contributed by atoms with Crippen molar-refractivity contribution in [1.82, 2.24) is 14.0 Å². The standard InChI is InChI=1S/C37H42ClFN4O5S2/c1-36(2,3)49(45)42-37(18-15-24-11-12-24,25-16-19-40-20-17-25)26-13-14-31(39)32(21-26)41-35(44)33-22-27(48-4)23-43(33)50(46,47)34-10-6-7-28-29(34)8-5-9-30(28)38/h5-10,13-14,16-17,19-21,24,27,33,42H,11-12,15,18,22-23H2,1-4H3,(H,41,44)/t27-,33-,37?,49-/m1/s1. The minimum Gasteiger partial charge on any atom is -0.380 e. The lowest BCUT2D eigenvalue weighted by atomic mass is 9.79. The Bertz CT molecular complexity index is 2020. The first kappa shape index (κ1) is 36.5. The van der Waals surface area contributed by atoms with Gasteiger partial charge in [-0.25, -0.2) is 21.7 Å². The van der Waals surface area contributed by atoms with E-state index in [1.807, 2.05) is 32.9 Å². The average Bonchev–Trinajstić information content (AvgIpc) is 3.82. The van der Waals surface area contributed by atoms with Gasteiger partial charge in [-0.2, -0.15) is 4.31 Å². The summed E-state index contributed by atoms with van der Waals surface area (Å²) in [4.78, 5) is 18.3. The van der Waals surface area contributed by atoms with Gasteiger partial charge < -0.3 is 10.1 Å². The Labute approximate surface area is 300 Å². The third-order valence-corrected chi connectivity index (χ3v) is 13.5. The van der Waals surface area contributed by atoms with Crippen molar-refractivity contribution in [3.05, 3.63) is 101 Å². The van der Waals surface area contributed by atoms with Crippen LogP contribution in [0.2, 0.25) is 5.02 Å². The molecule has 50 heavy (non-hydrogen) atoms. The summed E-state index contributed by atoms with van der Waals surface area (Å²) < 4.78 is 67.4. The van der Waals surface area contributed by atoms with Crippen molar-refractivity contribution in [2.24, 2.45) is 5.92 Å². The maximum absolute atomic E-state index is 15.7. The van der Waals surface area contributed by atoms with Crippen LogP contribution in [0.25, 0.3) is 10.8 Å². The molecule has 6 rings (SSSR count). The van der Waals surface area contributed by atoms with Gasteiger partial charge in [-0.1, -0.05) is 54.8 Å². The molecule has 2 fully saturated rings. The maximum atomic E-state index is 15.7. The number of methoxy groups -OCH3 is 1. The molecular weight excluding hydrogens is 699 g/mol. The first-order chi connectivity index (χ1) is 23.7. The number of ether oxygens (including phenoxy) is 1. The molecule has 2 heterocycles. The van der Waals surface area contributed by atoms with Gasteiger partial charge in [-0.3, -0.25) is 9.78 Å². The lowest BCUT2D eigenvalue weighted by Gasteiger charge is -2.38. The van der Waals surface area contributed by atoms with Gasteiger partial charge in [0.25, 0.3) is 0 Å². The van der Waals surface area contributed by atoms with E-state index in [4.69, 9.17) is 16.3 Å². The first-order valence-corrected chi connectivity index (χ1v) is 19.6. The summed E-state index contributed by atoms with van der Waals surface area (Å²) in [7, 11) is -4.30. The summed E-state index contributed by atoms with van der Waals surface area (Å²) in [6, 6.07) is 16.9. The van der Waals surface area contributed by atoms with Crippen LogP contribution in [-0.4, -0.2) is 58.4 Å². The minimum atomic E-state index is -4.24. The number of amides is 1. The molecule has 9 nitrogen and oxygen atoms in total. The number of halogens is 2. The third kappa shape index (κ3) is 7.37. The molecule has 1 aliphatic heterocycles. The number of sulfonamides is 1. The van der Waals surface area contributed by atoms with E-state index in [1.54, 1.807) is 54.9 Å². The molecule has 266 valence electrons. The maximum Gasteiger partial charge on any atom is 0.244 e. The molecule has 0 spiro atoms. The molecule has 0 bridgehead atoms. The highest BCUT2D eigenvalue weighted by molar-refractivity contribution is 7.89. The van der Waals surface area contributed by atoms with E-state index in [-0.39, 0.29) is 23.5 Å². The second-order valence-corrected chi connectivity index (χ2v) is 18.3. The fourth-order valence-corrected chi connectivity index (χ4v) is 9.58. The number of rotatable bonds is 12. The Hall–Kier alpha value is -3.26. The van der Waals surface area contributed by atoms with Gasteiger partial charge in [0.2, 0.25) is 15.9 Å². The number of nitrogens with one attached hydrogen (secondary N) is 2. The SMILES string of the molecule is CO[C@@H]1C[C@H](C(=O)Nc2cc(C(CCC3CC3)(N[S@](=O)C(C)(C)C)c3ccncc3)ccc2F)N(S(=O)(=O)c2cccc3c(Cl)cccc23)C1. The van der Waals surface area contributed by atoms with Gasteiger partial charge in [0, 0.05) is 48.3 Å². The molecule has 1 aliphatic carbocycles. The van der Waals surface area contributed by atoms with Crippen LogP contribution in [0.3, 0.4) is 0 Å². The molecule has 1 amide bonds. The van der Waals surface area contributed by atoms with E-state index in [0.29, 0.717) is 33.7 Å². The zero-order valence-electron chi connectivity index (χ0n) is 28.5. The van der Waals surface area contributed by atoms with Crippen LogP contribution >= 0.6 is 11.6 Å². The molecule has 13 heteroatoms. The number of pyridine rings is 1. The number of carbonyl (C=O) groups excluding carboxylic acids is 1. The molecule has 1 saturated carbocycles. The zero-order valence-corrected chi connectivity index (χ0v) is 30.9. The van der Waals surface area contributed by atoms with Crippen LogP contribution in [-0.2, 0) is 36.1 Å². The highest BCUT2D eigenvalue weighted by Gasteiger charge is 2.45. The molecule has 4 aromatic rings. The molecule has 4 atom stereocenters. The number of fused-ring (bicyclic) bond motifs is 1. The number of aromatic nitrogens is 1. The Kier molecular flexibility index (Phi) is 10.5. The molecule has 1 saturated heterocycles. The predicted octanol–water partition coefficient (Wildman–Crippen LogP) is 6.93. The summed E-state index contributed by atoms with van der Waals surface area (Å²) in [5, 5.41) is 4.11. The first-order valence-electron chi connectivity index (χ1n) is 16.7. The predicted molar refractivity (Wildman–Crippen MR) is 195 cm³/mol. The van der Waals surface area contributed by atoms with Crippen molar-refractivity contribution in [2.75, 3.05) is 19.0 Å². The lowest BCUT2D eigenvalue weighted by molar-refractivity contribution is -0.119. The van der Waals surface area contributed by atoms with Gasteiger partial charge in [-0.05, 0) is 87.1 Å². The van der Waals surface area contributed by atoms with Crippen molar-refractivity contribution in [2.45, 2.75) is 80.2 Å². The van der Waals surface area contributed by atoms with Crippen LogP contribution < -0.4 is 10.0 Å². The Morgan fingerprint density at radius 1 is 1.04 bits per heavy atom.